The van der Waals surface area contributed by atoms with Gasteiger partial charge in [0, 0.05) is 22.8 Å². The summed E-state index contributed by atoms with van der Waals surface area (Å²) in [6.07, 6.45) is 0.782. The SMILES string of the molecule is CCCn1nc(C(=O)Nc2ccc(Br)cc2C)ccc1=O. The second-order valence-corrected chi connectivity index (χ2v) is 5.61. The van der Waals surface area contributed by atoms with Gasteiger partial charge in [-0.05, 0) is 43.2 Å². The summed E-state index contributed by atoms with van der Waals surface area (Å²) in [6.45, 7) is 4.36. The maximum absolute atomic E-state index is 12.2. The van der Waals surface area contributed by atoms with Gasteiger partial charge in [-0.2, -0.15) is 5.10 Å². The lowest BCUT2D eigenvalue weighted by atomic mass is 10.2. The number of rotatable bonds is 4. The van der Waals surface area contributed by atoms with Crippen molar-refractivity contribution in [2.45, 2.75) is 26.8 Å². The van der Waals surface area contributed by atoms with Crippen LogP contribution in [0.4, 0.5) is 5.69 Å². The van der Waals surface area contributed by atoms with E-state index in [1.54, 1.807) is 0 Å². The first kappa shape index (κ1) is 15.4. The van der Waals surface area contributed by atoms with Gasteiger partial charge >= 0.3 is 0 Å². The third kappa shape index (κ3) is 3.78. The van der Waals surface area contributed by atoms with Gasteiger partial charge in [0.1, 0.15) is 5.69 Å². The van der Waals surface area contributed by atoms with Crippen molar-refractivity contribution in [3.63, 3.8) is 0 Å². The molecule has 0 bridgehead atoms. The summed E-state index contributed by atoms with van der Waals surface area (Å²) in [5.41, 5.74) is 1.69. The third-order valence-electron chi connectivity index (χ3n) is 2.97. The molecule has 1 aromatic carbocycles. The highest BCUT2D eigenvalue weighted by Crippen LogP contribution is 2.20. The Morgan fingerprint density at radius 1 is 1.33 bits per heavy atom. The molecule has 1 amide bonds. The summed E-state index contributed by atoms with van der Waals surface area (Å²) in [4.78, 5) is 23.8. The number of hydrogen-bond acceptors (Lipinski definition) is 3. The lowest BCUT2D eigenvalue weighted by molar-refractivity contribution is 0.101. The van der Waals surface area contributed by atoms with E-state index < -0.39 is 0 Å². The van der Waals surface area contributed by atoms with Crippen LogP contribution in [0.2, 0.25) is 0 Å². The quantitative estimate of drug-likeness (QED) is 0.922. The van der Waals surface area contributed by atoms with Gasteiger partial charge in [-0.25, -0.2) is 4.68 Å². The Morgan fingerprint density at radius 3 is 2.76 bits per heavy atom. The summed E-state index contributed by atoms with van der Waals surface area (Å²) < 4.78 is 2.26. The van der Waals surface area contributed by atoms with E-state index in [1.165, 1.54) is 16.8 Å². The molecule has 0 spiro atoms. The fourth-order valence-electron chi connectivity index (χ4n) is 1.90. The number of halogens is 1. The number of anilines is 1. The van der Waals surface area contributed by atoms with Crippen molar-refractivity contribution in [2.75, 3.05) is 5.32 Å². The molecule has 0 fully saturated rings. The summed E-state index contributed by atoms with van der Waals surface area (Å²) in [7, 11) is 0. The largest absolute Gasteiger partial charge is 0.320 e. The molecule has 0 saturated carbocycles. The number of aryl methyl sites for hydroxylation is 2. The van der Waals surface area contributed by atoms with E-state index in [0.29, 0.717) is 6.54 Å². The maximum atomic E-state index is 12.2. The Kier molecular flexibility index (Phi) is 4.90. The topological polar surface area (TPSA) is 64.0 Å². The van der Waals surface area contributed by atoms with Crippen LogP contribution in [0.1, 0.15) is 29.4 Å². The Balaban J connectivity index is 2.24. The van der Waals surface area contributed by atoms with Crippen LogP contribution < -0.4 is 10.9 Å². The van der Waals surface area contributed by atoms with Crippen molar-refractivity contribution in [1.82, 2.24) is 9.78 Å². The number of carbonyl (C=O) groups excluding carboxylic acids is 1. The van der Waals surface area contributed by atoms with Gasteiger partial charge in [0.25, 0.3) is 11.5 Å². The molecular weight excluding hydrogens is 334 g/mol. The smallest absolute Gasteiger partial charge is 0.276 e. The molecule has 0 aliphatic heterocycles. The summed E-state index contributed by atoms with van der Waals surface area (Å²) >= 11 is 3.38. The molecule has 5 nitrogen and oxygen atoms in total. The number of carbonyl (C=O) groups is 1. The van der Waals surface area contributed by atoms with E-state index in [1.807, 2.05) is 32.0 Å². The molecule has 0 radical (unpaired) electrons. The fraction of sp³-hybridized carbons (Fsp3) is 0.267. The second kappa shape index (κ2) is 6.67. The van der Waals surface area contributed by atoms with Gasteiger partial charge in [-0.1, -0.05) is 22.9 Å². The molecule has 0 atom stereocenters. The van der Waals surface area contributed by atoms with Crippen molar-refractivity contribution in [3.05, 3.63) is 56.4 Å². The second-order valence-electron chi connectivity index (χ2n) is 4.69. The molecule has 1 N–H and O–H groups in total. The first-order chi connectivity index (χ1) is 10.0. The van der Waals surface area contributed by atoms with E-state index in [9.17, 15) is 9.59 Å². The van der Waals surface area contributed by atoms with Crippen molar-refractivity contribution in [3.8, 4) is 0 Å². The molecule has 2 aromatic rings. The monoisotopic (exact) mass is 349 g/mol. The van der Waals surface area contributed by atoms with Gasteiger partial charge in [-0.3, -0.25) is 9.59 Å². The molecule has 0 saturated heterocycles. The van der Waals surface area contributed by atoms with Crippen LogP contribution in [0, 0.1) is 6.92 Å². The van der Waals surface area contributed by atoms with E-state index in [-0.39, 0.29) is 17.2 Å². The average Bonchev–Trinajstić information content (AvgIpc) is 2.44. The van der Waals surface area contributed by atoms with Crippen molar-refractivity contribution in [1.29, 1.82) is 0 Å². The minimum absolute atomic E-state index is 0.201. The van der Waals surface area contributed by atoms with Gasteiger partial charge in [0.15, 0.2) is 0 Å². The van der Waals surface area contributed by atoms with Gasteiger partial charge in [0.05, 0.1) is 0 Å². The number of hydrogen-bond donors (Lipinski definition) is 1. The van der Waals surface area contributed by atoms with Crippen molar-refractivity contribution >= 4 is 27.5 Å². The molecule has 1 heterocycles. The minimum atomic E-state index is -0.328. The lowest BCUT2D eigenvalue weighted by Gasteiger charge is -2.09. The molecule has 6 heteroatoms. The molecule has 21 heavy (non-hydrogen) atoms. The predicted octanol–water partition coefficient (Wildman–Crippen LogP) is 2.98. The van der Waals surface area contributed by atoms with Gasteiger partial charge in [0.2, 0.25) is 0 Å². The summed E-state index contributed by atoms with van der Waals surface area (Å²) in [5, 5.41) is 6.89. The Labute approximate surface area is 131 Å². The number of benzene rings is 1. The zero-order chi connectivity index (χ0) is 15.4. The van der Waals surface area contributed by atoms with Crippen molar-refractivity contribution in [2.24, 2.45) is 0 Å². The van der Waals surface area contributed by atoms with Crippen LogP contribution in [0.25, 0.3) is 0 Å². The highest BCUT2D eigenvalue weighted by molar-refractivity contribution is 9.10. The molecule has 0 aliphatic rings. The van der Waals surface area contributed by atoms with E-state index in [4.69, 9.17) is 0 Å². The highest BCUT2D eigenvalue weighted by atomic mass is 79.9. The molecule has 0 aliphatic carbocycles. The third-order valence-corrected chi connectivity index (χ3v) is 3.46. The molecule has 0 unspecified atom stereocenters. The number of nitrogens with one attached hydrogen (secondary N) is 1. The highest BCUT2D eigenvalue weighted by Gasteiger charge is 2.11. The first-order valence-electron chi connectivity index (χ1n) is 6.67. The predicted molar refractivity (Wildman–Crippen MR) is 85.6 cm³/mol. The lowest BCUT2D eigenvalue weighted by Crippen LogP contribution is -2.26. The molecule has 110 valence electrons. The van der Waals surface area contributed by atoms with Crippen LogP contribution in [-0.4, -0.2) is 15.7 Å². The van der Waals surface area contributed by atoms with E-state index in [2.05, 4.69) is 26.3 Å². The summed E-state index contributed by atoms with van der Waals surface area (Å²) in [5.74, 6) is -0.328. The number of nitrogens with zero attached hydrogens (tertiary/aromatic N) is 2. The summed E-state index contributed by atoms with van der Waals surface area (Å²) in [6, 6.07) is 8.40. The standard InChI is InChI=1S/C15H16BrN3O2/c1-3-8-19-14(20)7-6-13(18-19)15(21)17-12-5-4-11(16)9-10(12)2/h4-7,9H,3,8H2,1-2H3,(H,17,21). The molecular formula is C15H16BrN3O2. The van der Waals surface area contributed by atoms with E-state index in [0.717, 1.165) is 22.1 Å². The molecule has 1 aromatic heterocycles. The van der Waals surface area contributed by atoms with Crippen LogP contribution in [0.15, 0.2) is 39.6 Å². The Morgan fingerprint density at radius 2 is 2.10 bits per heavy atom. The van der Waals surface area contributed by atoms with Gasteiger partial charge in [-0.15, -0.1) is 0 Å². The zero-order valence-electron chi connectivity index (χ0n) is 11.9. The number of amides is 1. The Hall–Kier alpha value is -1.95. The van der Waals surface area contributed by atoms with Crippen LogP contribution in [-0.2, 0) is 6.54 Å². The van der Waals surface area contributed by atoms with Crippen LogP contribution >= 0.6 is 15.9 Å². The normalized spacial score (nSPS) is 10.4. The van der Waals surface area contributed by atoms with Crippen molar-refractivity contribution < 1.29 is 4.79 Å². The van der Waals surface area contributed by atoms with Crippen LogP contribution in [0.3, 0.4) is 0 Å². The maximum Gasteiger partial charge on any atom is 0.276 e. The number of aromatic nitrogens is 2. The van der Waals surface area contributed by atoms with E-state index >= 15 is 0 Å². The average molecular weight is 350 g/mol. The van der Waals surface area contributed by atoms with Gasteiger partial charge < -0.3 is 5.32 Å². The molecule has 2 rings (SSSR count). The first-order valence-corrected chi connectivity index (χ1v) is 7.46. The minimum Gasteiger partial charge on any atom is -0.320 e. The van der Waals surface area contributed by atoms with Crippen LogP contribution in [0.5, 0.6) is 0 Å². The fourth-order valence-corrected chi connectivity index (χ4v) is 2.37. The Bertz CT molecular complexity index is 725. The zero-order valence-corrected chi connectivity index (χ0v) is 13.5.